The molecule has 3 rings (SSSR count). The molecule has 3 aromatic rings. The molecule has 6 heteroatoms. The number of hydrogen-bond donors (Lipinski definition) is 0. The Bertz CT molecular complexity index is 872. The molecule has 0 bridgehead atoms. The third-order valence-corrected chi connectivity index (χ3v) is 4.21. The van der Waals surface area contributed by atoms with Crippen LogP contribution in [0.5, 0.6) is 0 Å². The van der Waals surface area contributed by atoms with Gasteiger partial charge in [-0.1, -0.05) is 29.8 Å². The summed E-state index contributed by atoms with van der Waals surface area (Å²) < 4.78 is 0. The summed E-state index contributed by atoms with van der Waals surface area (Å²) in [7, 11) is 0. The third kappa shape index (κ3) is 3.83. The van der Waals surface area contributed by atoms with Crippen LogP contribution in [-0.2, 0) is 0 Å². The lowest BCUT2D eigenvalue weighted by Gasteiger charge is -1.96. The van der Waals surface area contributed by atoms with E-state index >= 15 is 0 Å². The molecule has 0 spiro atoms. The van der Waals surface area contributed by atoms with Gasteiger partial charge in [0.15, 0.2) is 0 Å². The van der Waals surface area contributed by atoms with Gasteiger partial charge in [0.1, 0.15) is 5.01 Å². The zero-order chi connectivity index (χ0) is 16.2. The summed E-state index contributed by atoms with van der Waals surface area (Å²) in [5.74, 6) is 0. The molecule has 0 unspecified atom stereocenters. The number of benzene rings is 2. The predicted molar refractivity (Wildman–Crippen MR) is 94.6 cm³/mol. The van der Waals surface area contributed by atoms with E-state index < -0.39 is 4.92 Å². The molecule has 0 aliphatic carbocycles. The Balaban J connectivity index is 1.79. The summed E-state index contributed by atoms with van der Waals surface area (Å²) in [5.41, 5.74) is 2.74. The molecule has 0 aliphatic rings. The van der Waals surface area contributed by atoms with Crippen LogP contribution in [0.4, 0.5) is 5.69 Å². The zero-order valence-corrected chi connectivity index (χ0v) is 13.4. The first-order chi connectivity index (χ1) is 11.1. The van der Waals surface area contributed by atoms with Crippen LogP contribution >= 0.6 is 22.9 Å². The van der Waals surface area contributed by atoms with Crippen molar-refractivity contribution in [2.24, 2.45) is 0 Å². The maximum absolute atomic E-state index is 10.7. The Morgan fingerprint density at radius 1 is 1.13 bits per heavy atom. The van der Waals surface area contributed by atoms with Gasteiger partial charge in [-0.25, -0.2) is 4.98 Å². The number of thiazole rings is 1. The van der Waals surface area contributed by atoms with Crippen molar-refractivity contribution < 1.29 is 4.92 Å². The van der Waals surface area contributed by atoms with Crippen LogP contribution in [0.1, 0.15) is 10.6 Å². The lowest BCUT2D eigenvalue weighted by Crippen LogP contribution is -1.87. The highest BCUT2D eigenvalue weighted by Crippen LogP contribution is 2.25. The highest BCUT2D eigenvalue weighted by atomic mass is 35.5. The molecule has 1 heterocycles. The van der Waals surface area contributed by atoms with Gasteiger partial charge in [0.05, 0.1) is 10.6 Å². The number of hydrogen-bond acceptors (Lipinski definition) is 4. The van der Waals surface area contributed by atoms with Crippen molar-refractivity contribution in [1.29, 1.82) is 0 Å². The lowest BCUT2D eigenvalue weighted by molar-refractivity contribution is -0.384. The van der Waals surface area contributed by atoms with Gasteiger partial charge >= 0.3 is 0 Å². The molecule has 0 saturated heterocycles. The van der Waals surface area contributed by atoms with E-state index in [2.05, 4.69) is 4.98 Å². The summed E-state index contributed by atoms with van der Waals surface area (Å²) in [6, 6.07) is 13.9. The molecule has 0 radical (unpaired) electrons. The van der Waals surface area contributed by atoms with Crippen molar-refractivity contribution in [3.05, 3.63) is 79.6 Å². The largest absolute Gasteiger partial charge is 0.269 e. The first-order valence-corrected chi connectivity index (χ1v) is 8.01. The van der Waals surface area contributed by atoms with Crippen molar-refractivity contribution in [2.75, 3.05) is 0 Å². The van der Waals surface area contributed by atoms with E-state index in [9.17, 15) is 10.1 Å². The van der Waals surface area contributed by atoms with E-state index in [0.717, 1.165) is 21.8 Å². The minimum atomic E-state index is -0.413. The Kier molecular flexibility index (Phi) is 4.50. The zero-order valence-electron chi connectivity index (χ0n) is 11.8. The fourth-order valence-electron chi connectivity index (χ4n) is 2.03. The van der Waals surface area contributed by atoms with E-state index in [1.807, 2.05) is 41.8 Å². The first-order valence-electron chi connectivity index (χ1n) is 6.76. The van der Waals surface area contributed by atoms with E-state index in [0.29, 0.717) is 5.02 Å². The summed E-state index contributed by atoms with van der Waals surface area (Å²) in [6.07, 6.45) is 3.87. The standard InChI is InChI=1S/C17H11ClN2O2S/c18-14-3-1-2-12(10-14)4-9-17-19-16(11-23-17)13-5-7-15(8-6-13)20(21)22/h1-11H. The van der Waals surface area contributed by atoms with Crippen molar-refractivity contribution in [3.8, 4) is 11.3 Å². The molecular formula is C17H11ClN2O2S. The highest BCUT2D eigenvalue weighted by molar-refractivity contribution is 7.10. The van der Waals surface area contributed by atoms with Crippen LogP contribution in [0.15, 0.2) is 53.9 Å². The van der Waals surface area contributed by atoms with Gasteiger partial charge < -0.3 is 0 Å². The minimum absolute atomic E-state index is 0.0741. The van der Waals surface area contributed by atoms with Crippen molar-refractivity contribution in [1.82, 2.24) is 4.98 Å². The van der Waals surface area contributed by atoms with Gasteiger partial charge in [-0.2, -0.15) is 0 Å². The topological polar surface area (TPSA) is 56.0 Å². The SMILES string of the molecule is O=[N+]([O-])c1ccc(-c2csc(C=Cc3cccc(Cl)c3)n2)cc1. The van der Waals surface area contributed by atoms with Crippen LogP contribution in [-0.4, -0.2) is 9.91 Å². The molecule has 0 saturated carbocycles. The normalized spacial score (nSPS) is 11.0. The molecule has 114 valence electrons. The molecule has 0 amide bonds. The highest BCUT2D eigenvalue weighted by Gasteiger charge is 2.07. The number of nitro groups is 1. The quantitative estimate of drug-likeness (QED) is 0.462. The average molecular weight is 343 g/mol. The molecule has 23 heavy (non-hydrogen) atoms. The Labute approximate surface area is 141 Å². The maximum Gasteiger partial charge on any atom is 0.269 e. The molecule has 0 N–H and O–H groups in total. The van der Waals surface area contributed by atoms with Crippen LogP contribution in [0.3, 0.4) is 0 Å². The molecule has 2 aromatic carbocycles. The van der Waals surface area contributed by atoms with E-state index in [4.69, 9.17) is 11.6 Å². The Morgan fingerprint density at radius 3 is 2.61 bits per heavy atom. The summed E-state index contributed by atoms with van der Waals surface area (Å²) in [4.78, 5) is 14.8. The minimum Gasteiger partial charge on any atom is -0.258 e. The number of halogens is 1. The van der Waals surface area contributed by atoms with Gasteiger partial charge in [0.2, 0.25) is 0 Å². The first kappa shape index (κ1) is 15.4. The Hall–Kier alpha value is -2.50. The van der Waals surface area contributed by atoms with Crippen LogP contribution in [0, 0.1) is 10.1 Å². The maximum atomic E-state index is 10.7. The fraction of sp³-hybridized carbons (Fsp3) is 0. The molecule has 1 aromatic heterocycles. The molecular weight excluding hydrogens is 332 g/mol. The predicted octanol–water partition coefficient (Wildman–Crippen LogP) is 5.54. The van der Waals surface area contributed by atoms with Gasteiger partial charge in [0, 0.05) is 28.1 Å². The van der Waals surface area contributed by atoms with Gasteiger partial charge in [-0.3, -0.25) is 10.1 Å². The third-order valence-electron chi connectivity index (χ3n) is 3.16. The smallest absolute Gasteiger partial charge is 0.258 e. The second kappa shape index (κ2) is 6.73. The molecule has 0 atom stereocenters. The second-order valence-corrected chi connectivity index (χ2v) is 6.09. The Morgan fingerprint density at radius 2 is 1.91 bits per heavy atom. The molecule has 0 fully saturated rings. The monoisotopic (exact) mass is 342 g/mol. The number of aromatic nitrogens is 1. The number of nitro benzene ring substituents is 1. The second-order valence-electron chi connectivity index (χ2n) is 4.76. The van der Waals surface area contributed by atoms with E-state index in [-0.39, 0.29) is 5.69 Å². The number of rotatable bonds is 4. The summed E-state index contributed by atoms with van der Waals surface area (Å²) in [6.45, 7) is 0. The van der Waals surface area contributed by atoms with Crippen molar-refractivity contribution >= 4 is 40.8 Å². The van der Waals surface area contributed by atoms with Crippen molar-refractivity contribution in [3.63, 3.8) is 0 Å². The lowest BCUT2D eigenvalue weighted by atomic mass is 10.1. The molecule has 4 nitrogen and oxygen atoms in total. The summed E-state index contributed by atoms with van der Waals surface area (Å²) >= 11 is 7.46. The van der Waals surface area contributed by atoms with E-state index in [1.165, 1.54) is 23.5 Å². The average Bonchev–Trinajstić information content (AvgIpc) is 3.02. The van der Waals surface area contributed by atoms with Crippen LogP contribution in [0.25, 0.3) is 23.4 Å². The molecule has 0 aliphatic heterocycles. The van der Waals surface area contributed by atoms with Gasteiger partial charge in [-0.15, -0.1) is 11.3 Å². The summed E-state index contributed by atoms with van der Waals surface area (Å²) in [5, 5.41) is 14.2. The fourth-order valence-corrected chi connectivity index (χ4v) is 2.95. The number of non-ortho nitro benzene ring substituents is 1. The van der Waals surface area contributed by atoms with Crippen molar-refractivity contribution in [2.45, 2.75) is 0 Å². The van der Waals surface area contributed by atoms with Gasteiger partial charge in [0.25, 0.3) is 5.69 Å². The number of nitrogens with zero attached hydrogens (tertiary/aromatic N) is 2. The van der Waals surface area contributed by atoms with Crippen LogP contribution in [0.2, 0.25) is 5.02 Å². The van der Waals surface area contributed by atoms with Gasteiger partial charge in [-0.05, 0) is 35.9 Å². The van der Waals surface area contributed by atoms with E-state index in [1.54, 1.807) is 12.1 Å². The van der Waals surface area contributed by atoms with Crippen LogP contribution < -0.4 is 0 Å².